The average molecular weight is 257 g/mol. The van der Waals surface area contributed by atoms with E-state index in [9.17, 15) is 18.4 Å². The van der Waals surface area contributed by atoms with Gasteiger partial charge >= 0.3 is 0 Å². The second kappa shape index (κ2) is 6.80. The highest BCUT2D eigenvalue weighted by Gasteiger charge is 2.13. The minimum atomic E-state index is -0.934. The molecule has 0 fully saturated rings. The molecular formula is C12H13F2NO3. The molecule has 6 heteroatoms. The smallest absolute Gasteiger partial charge is 0.220 e. The summed E-state index contributed by atoms with van der Waals surface area (Å²) in [6.45, 7) is -0.0792. The van der Waals surface area contributed by atoms with E-state index >= 15 is 0 Å². The molecule has 0 bridgehead atoms. The van der Waals surface area contributed by atoms with Crippen LogP contribution < -0.4 is 5.32 Å². The first-order valence-corrected chi connectivity index (χ1v) is 5.40. The zero-order valence-electron chi connectivity index (χ0n) is 9.58. The zero-order valence-corrected chi connectivity index (χ0v) is 9.58. The molecule has 0 heterocycles. The Labute approximate surface area is 103 Å². The standard InChI is InChI=1S/C12H13F2NO3/c13-8-1-2-9(10(14)7-8)11(17)3-4-12(18)15-5-6-16/h1-2,7,16H,3-6H2,(H,15,18). The van der Waals surface area contributed by atoms with Gasteiger partial charge in [0.05, 0.1) is 12.2 Å². The van der Waals surface area contributed by atoms with E-state index in [-0.39, 0.29) is 31.6 Å². The van der Waals surface area contributed by atoms with Gasteiger partial charge in [-0.3, -0.25) is 9.59 Å². The second-order valence-corrected chi connectivity index (χ2v) is 3.62. The molecule has 0 aliphatic carbocycles. The molecule has 0 unspecified atom stereocenters. The molecule has 0 aliphatic rings. The van der Waals surface area contributed by atoms with Gasteiger partial charge in [0, 0.05) is 25.5 Å². The fourth-order valence-electron chi connectivity index (χ4n) is 1.36. The highest BCUT2D eigenvalue weighted by Crippen LogP contribution is 2.12. The van der Waals surface area contributed by atoms with Crippen LogP contribution in [0.3, 0.4) is 0 Å². The Kier molecular flexibility index (Phi) is 5.38. The van der Waals surface area contributed by atoms with Gasteiger partial charge in [0.15, 0.2) is 5.78 Å². The molecule has 1 amide bonds. The second-order valence-electron chi connectivity index (χ2n) is 3.62. The molecule has 1 aromatic carbocycles. The summed E-state index contributed by atoms with van der Waals surface area (Å²) in [5.41, 5.74) is -0.230. The minimum absolute atomic E-state index is 0.102. The predicted molar refractivity (Wildman–Crippen MR) is 60.0 cm³/mol. The molecule has 0 saturated heterocycles. The quantitative estimate of drug-likeness (QED) is 0.748. The number of Topliss-reactive ketones (excluding diaryl/α,β-unsaturated/α-hetero) is 1. The number of halogens is 2. The lowest BCUT2D eigenvalue weighted by molar-refractivity contribution is -0.121. The molecule has 0 radical (unpaired) electrons. The fraction of sp³-hybridized carbons (Fsp3) is 0.333. The third-order valence-corrected chi connectivity index (χ3v) is 2.24. The van der Waals surface area contributed by atoms with Crippen molar-refractivity contribution in [1.29, 1.82) is 0 Å². The largest absolute Gasteiger partial charge is 0.395 e. The van der Waals surface area contributed by atoms with Crippen LogP contribution in [0.2, 0.25) is 0 Å². The van der Waals surface area contributed by atoms with Crippen molar-refractivity contribution in [2.45, 2.75) is 12.8 Å². The number of carbonyl (C=O) groups is 2. The maximum atomic E-state index is 13.2. The lowest BCUT2D eigenvalue weighted by Gasteiger charge is -2.04. The first-order chi connectivity index (χ1) is 8.54. The minimum Gasteiger partial charge on any atom is -0.395 e. The Balaban J connectivity index is 2.53. The molecule has 0 saturated carbocycles. The van der Waals surface area contributed by atoms with Crippen LogP contribution in [0, 0.1) is 11.6 Å². The number of aliphatic hydroxyl groups excluding tert-OH is 1. The number of hydrogen-bond acceptors (Lipinski definition) is 3. The number of ketones is 1. The first kappa shape index (κ1) is 14.2. The normalized spacial score (nSPS) is 10.2. The first-order valence-electron chi connectivity index (χ1n) is 5.40. The molecular weight excluding hydrogens is 244 g/mol. The van der Waals surface area contributed by atoms with E-state index in [1.807, 2.05) is 0 Å². The van der Waals surface area contributed by atoms with Gasteiger partial charge in [-0.15, -0.1) is 0 Å². The van der Waals surface area contributed by atoms with E-state index in [4.69, 9.17) is 5.11 Å². The molecule has 0 atom stereocenters. The Morgan fingerprint density at radius 2 is 1.94 bits per heavy atom. The molecule has 98 valence electrons. The lowest BCUT2D eigenvalue weighted by Crippen LogP contribution is -2.26. The highest BCUT2D eigenvalue weighted by atomic mass is 19.1. The van der Waals surface area contributed by atoms with Gasteiger partial charge < -0.3 is 10.4 Å². The fourth-order valence-corrected chi connectivity index (χ4v) is 1.36. The van der Waals surface area contributed by atoms with Crippen LogP contribution in [0.15, 0.2) is 18.2 Å². The Bertz CT molecular complexity index is 449. The van der Waals surface area contributed by atoms with Crippen LogP contribution >= 0.6 is 0 Å². The van der Waals surface area contributed by atoms with Gasteiger partial charge in [-0.2, -0.15) is 0 Å². The topological polar surface area (TPSA) is 66.4 Å². The van der Waals surface area contributed by atoms with Crippen molar-refractivity contribution < 1.29 is 23.5 Å². The number of amides is 1. The highest BCUT2D eigenvalue weighted by molar-refractivity contribution is 5.98. The van der Waals surface area contributed by atoms with Crippen molar-refractivity contribution >= 4 is 11.7 Å². The summed E-state index contributed by atoms with van der Waals surface area (Å²) in [6.07, 6.45) is -0.268. The Hall–Kier alpha value is -1.82. The molecule has 0 spiro atoms. The monoisotopic (exact) mass is 257 g/mol. The number of rotatable bonds is 6. The van der Waals surface area contributed by atoms with E-state index < -0.39 is 23.3 Å². The van der Waals surface area contributed by atoms with Crippen molar-refractivity contribution in [3.63, 3.8) is 0 Å². The van der Waals surface area contributed by atoms with Crippen LogP contribution in [-0.2, 0) is 4.79 Å². The molecule has 18 heavy (non-hydrogen) atoms. The van der Waals surface area contributed by atoms with Gasteiger partial charge in [0.2, 0.25) is 5.91 Å². The number of hydrogen-bond donors (Lipinski definition) is 2. The third-order valence-electron chi connectivity index (χ3n) is 2.24. The van der Waals surface area contributed by atoms with Gasteiger partial charge in [-0.25, -0.2) is 8.78 Å². The molecule has 1 rings (SSSR count). The van der Waals surface area contributed by atoms with E-state index in [1.54, 1.807) is 0 Å². The summed E-state index contributed by atoms with van der Waals surface area (Å²) >= 11 is 0. The zero-order chi connectivity index (χ0) is 13.5. The number of carbonyl (C=O) groups excluding carboxylic acids is 2. The summed E-state index contributed by atoms with van der Waals surface area (Å²) in [6, 6.07) is 2.67. The van der Waals surface area contributed by atoms with E-state index in [0.29, 0.717) is 6.07 Å². The summed E-state index contributed by atoms with van der Waals surface area (Å²) in [5.74, 6) is -2.66. The van der Waals surface area contributed by atoms with Crippen molar-refractivity contribution in [3.05, 3.63) is 35.4 Å². The van der Waals surface area contributed by atoms with Gasteiger partial charge in [-0.05, 0) is 12.1 Å². The summed E-state index contributed by atoms with van der Waals surface area (Å²) < 4.78 is 25.9. The molecule has 1 aromatic rings. The maximum Gasteiger partial charge on any atom is 0.220 e. The van der Waals surface area contributed by atoms with Gasteiger partial charge in [0.25, 0.3) is 0 Å². The average Bonchev–Trinajstić information content (AvgIpc) is 2.33. The van der Waals surface area contributed by atoms with Gasteiger partial charge in [-0.1, -0.05) is 0 Å². The van der Waals surface area contributed by atoms with Crippen molar-refractivity contribution in [2.75, 3.05) is 13.2 Å². The SMILES string of the molecule is O=C(CCC(=O)c1ccc(F)cc1F)NCCO. The van der Waals surface area contributed by atoms with E-state index in [2.05, 4.69) is 5.32 Å². The summed E-state index contributed by atoms with van der Waals surface area (Å²) in [5, 5.41) is 10.8. The van der Waals surface area contributed by atoms with Gasteiger partial charge in [0.1, 0.15) is 11.6 Å². The maximum absolute atomic E-state index is 13.2. The van der Waals surface area contributed by atoms with Crippen molar-refractivity contribution in [1.82, 2.24) is 5.32 Å². The lowest BCUT2D eigenvalue weighted by atomic mass is 10.1. The Morgan fingerprint density at radius 1 is 1.22 bits per heavy atom. The van der Waals surface area contributed by atoms with Crippen LogP contribution in [-0.4, -0.2) is 29.9 Å². The molecule has 4 nitrogen and oxygen atoms in total. The predicted octanol–water partition coefficient (Wildman–Crippen LogP) is 1.04. The molecule has 0 aromatic heterocycles. The van der Waals surface area contributed by atoms with Crippen LogP contribution in [0.4, 0.5) is 8.78 Å². The van der Waals surface area contributed by atoms with Crippen LogP contribution in [0.5, 0.6) is 0 Å². The summed E-state index contributed by atoms with van der Waals surface area (Å²) in [7, 11) is 0. The summed E-state index contributed by atoms with van der Waals surface area (Å²) in [4.78, 5) is 22.7. The van der Waals surface area contributed by atoms with E-state index in [0.717, 1.165) is 12.1 Å². The van der Waals surface area contributed by atoms with E-state index in [1.165, 1.54) is 0 Å². The number of benzene rings is 1. The Morgan fingerprint density at radius 3 is 2.56 bits per heavy atom. The van der Waals surface area contributed by atoms with Crippen molar-refractivity contribution in [3.8, 4) is 0 Å². The molecule has 2 N–H and O–H groups in total. The number of nitrogens with one attached hydrogen (secondary N) is 1. The van der Waals surface area contributed by atoms with Crippen LogP contribution in [0.25, 0.3) is 0 Å². The third kappa shape index (κ3) is 4.21. The molecule has 0 aliphatic heterocycles. The number of aliphatic hydroxyl groups is 1. The van der Waals surface area contributed by atoms with Crippen molar-refractivity contribution in [2.24, 2.45) is 0 Å². The van der Waals surface area contributed by atoms with Crippen LogP contribution in [0.1, 0.15) is 23.2 Å².